The number of rotatable bonds is 6. The van der Waals surface area contributed by atoms with E-state index in [4.69, 9.17) is 4.98 Å². The predicted molar refractivity (Wildman–Crippen MR) is 123 cm³/mol. The van der Waals surface area contributed by atoms with Crippen molar-refractivity contribution >= 4 is 34.1 Å². The van der Waals surface area contributed by atoms with Crippen LogP contribution in [0.15, 0.2) is 35.7 Å². The predicted octanol–water partition coefficient (Wildman–Crippen LogP) is 3.94. The Hall–Kier alpha value is -2.80. The second-order valence-corrected chi connectivity index (χ2v) is 9.64. The molecule has 7 heteroatoms. The summed E-state index contributed by atoms with van der Waals surface area (Å²) in [7, 11) is 0. The van der Waals surface area contributed by atoms with Crippen molar-refractivity contribution in [2.75, 3.05) is 19.6 Å². The zero-order valence-corrected chi connectivity index (χ0v) is 19.0. The molecule has 1 N–H and O–H groups in total. The SMILES string of the molecule is Cc1nc(CC(=O)N2CC[C@H](c3cc(C(=O)NCC(C)C)c4ccccc4n3)C2)cs1. The molecule has 3 heterocycles. The maximum absolute atomic E-state index is 12.9. The van der Waals surface area contributed by atoms with Crippen LogP contribution in [0.1, 0.15) is 52.9 Å². The Bertz CT molecular complexity index is 1110. The first-order valence-corrected chi connectivity index (χ1v) is 11.7. The summed E-state index contributed by atoms with van der Waals surface area (Å²) in [6, 6.07) is 9.67. The van der Waals surface area contributed by atoms with Gasteiger partial charge in [0.25, 0.3) is 5.91 Å². The van der Waals surface area contributed by atoms with Crippen molar-refractivity contribution < 1.29 is 9.59 Å². The van der Waals surface area contributed by atoms with Gasteiger partial charge in [-0.05, 0) is 31.4 Å². The van der Waals surface area contributed by atoms with Crippen molar-refractivity contribution in [3.63, 3.8) is 0 Å². The largest absolute Gasteiger partial charge is 0.352 e. The maximum Gasteiger partial charge on any atom is 0.252 e. The Morgan fingerprint density at radius 2 is 2.06 bits per heavy atom. The summed E-state index contributed by atoms with van der Waals surface area (Å²) in [6.45, 7) is 8.06. The summed E-state index contributed by atoms with van der Waals surface area (Å²) in [4.78, 5) is 36.8. The average molecular weight is 437 g/mol. The van der Waals surface area contributed by atoms with Crippen molar-refractivity contribution in [2.45, 2.75) is 39.5 Å². The molecule has 0 spiro atoms. The molecule has 4 rings (SSSR count). The molecule has 1 aliphatic heterocycles. The van der Waals surface area contributed by atoms with Crippen molar-refractivity contribution in [3.8, 4) is 0 Å². The van der Waals surface area contributed by atoms with E-state index in [1.165, 1.54) is 0 Å². The van der Waals surface area contributed by atoms with E-state index in [1.54, 1.807) is 11.3 Å². The minimum atomic E-state index is -0.0709. The second-order valence-electron chi connectivity index (χ2n) is 8.58. The van der Waals surface area contributed by atoms with Gasteiger partial charge < -0.3 is 10.2 Å². The molecule has 0 saturated carbocycles. The van der Waals surface area contributed by atoms with Gasteiger partial charge in [0.2, 0.25) is 5.91 Å². The molecular weight excluding hydrogens is 408 g/mol. The molecule has 31 heavy (non-hydrogen) atoms. The number of amides is 2. The van der Waals surface area contributed by atoms with Crippen LogP contribution >= 0.6 is 11.3 Å². The van der Waals surface area contributed by atoms with Gasteiger partial charge in [-0.15, -0.1) is 11.3 Å². The zero-order chi connectivity index (χ0) is 22.0. The molecule has 162 valence electrons. The Kier molecular flexibility index (Phi) is 6.32. The van der Waals surface area contributed by atoms with Crippen LogP contribution in [0.2, 0.25) is 0 Å². The zero-order valence-electron chi connectivity index (χ0n) is 18.2. The van der Waals surface area contributed by atoms with Crippen molar-refractivity contribution in [1.29, 1.82) is 0 Å². The lowest BCUT2D eigenvalue weighted by molar-refractivity contribution is -0.129. The molecular formula is C24H28N4O2S. The van der Waals surface area contributed by atoms with Gasteiger partial charge in [0.15, 0.2) is 0 Å². The number of nitrogens with one attached hydrogen (secondary N) is 1. The number of carbonyl (C=O) groups is 2. The molecule has 6 nitrogen and oxygen atoms in total. The van der Waals surface area contributed by atoms with Gasteiger partial charge >= 0.3 is 0 Å². The highest BCUT2D eigenvalue weighted by Crippen LogP contribution is 2.30. The van der Waals surface area contributed by atoms with Gasteiger partial charge in [0.1, 0.15) is 0 Å². The van der Waals surface area contributed by atoms with E-state index in [0.717, 1.165) is 33.7 Å². The molecule has 0 unspecified atom stereocenters. The van der Waals surface area contributed by atoms with Gasteiger partial charge in [0.05, 0.1) is 28.2 Å². The molecule has 1 aliphatic rings. The Morgan fingerprint density at radius 3 is 2.81 bits per heavy atom. The highest BCUT2D eigenvalue weighted by Gasteiger charge is 2.29. The lowest BCUT2D eigenvalue weighted by atomic mass is 9.99. The molecule has 2 amide bonds. The minimum Gasteiger partial charge on any atom is -0.352 e. The number of hydrogen-bond donors (Lipinski definition) is 1. The molecule has 1 fully saturated rings. The fourth-order valence-corrected chi connectivity index (χ4v) is 4.58. The number of para-hydroxylation sites is 1. The fraction of sp³-hybridized carbons (Fsp3) is 0.417. The van der Waals surface area contributed by atoms with Gasteiger partial charge in [-0.2, -0.15) is 0 Å². The number of nitrogens with zero attached hydrogens (tertiary/aromatic N) is 3. The topological polar surface area (TPSA) is 75.2 Å². The summed E-state index contributed by atoms with van der Waals surface area (Å²) < 4.78 is 0. The first kappa shape index (κ1) is 21.4. The maximum atomic E-state index is 12.9. The lowest BCUT2D eigenvalue weighted by Crippen LogP contribution is -2.30. The van der Waals surface area contributed by atoms with E-state index in [2.05, 4.69) is 24.1 Å². The summed E-state index contributed by atoms with van der Waals surface area (Å²) in [5.74, 6) is 0.539. The van der Waals surface area contributed by atoms with E-state index in [0.29, 0.717) is 37.5 Å². The molecule has 1 saturated heterocycles. The number of thiazole rings is 1. The molecule has 1 atom stereocenters. The van der Waals surface area contributed by atoms with Crippen molar-refractivity contribution in [1.82, 2.24) is 20.2 Å². The molecule has 0 aliphatic carbocycles. The van der Waals surface area contributed by atoms with Crippen LogP contribution in [0.5, 0.6) is 0 Å². The molecule has 2 aromatic heterocycles. The number of fused-ring (bicyclic) bond motifs is 1. The quantitative estimate of drug-likeness (QED) is 0.635. The van der Waals surface area contributed by atoms with Gasteiger partial charge in [-0.25, -0.2) is 4.98 Å². The smallest absolute Gasteiger partial charge is 0.252 e. The Balaban J connectivity index is 1.54. The fourth-order valence-electron chi connectivity index (χ4n) is 3.97. The van der Waals surface area contributed by atoms with E-state index in [9.17, 15) is 9.59 Å². The number of hydrogen-bond acceptors (Lipinski definition) is 5. The van der Waals surface area contributed by atoms with Crippen LogP contribution in [0.3, 0.4) is 0 Å². The number of carbonyl (C=O) groups excluding carboxylic acids is 2. The number of aromatic nitrogens is 2. The van der Waals surface area contributed by atoms with E-state index in [-0.39, 0.29) is 17.7 Å². The normalized spacial score (nSPS) is 16.3. The van der Waals surface area contributed by atoms with Gasteiger partial charge in [-0.1, -0.05) is 32.0 Å². The third-order valence-electron chi connectivity index (χ3n) is 5.61. The third-order valence-corrected chi connectivity index (χ3v) is 6.43. The second kappa shape index (κ2) is 9.14. The Labute approximate surface area is 186 Å². The highest BCUT2D eigenvalue weighted by molar-refractivity contribution is 7.09. The monoisotopic (exact) mass is 436 g/mol. The van der Waals surface area contributed by atoms with Gasteiger partial charge in [-0.3, -0.25) is 14.6 Å². The van der Waals surface area contributed by atoms with Crippen LogP contribution in [0.25, 0.3) is 10.9 Å². The first-order chi connectivity index (χ1) is 14.9. The van der Waals surface area contributed by atoms with Crippen LogP contribution < -0.4 is 5.32 Å². The first-order valence-electron chi connectivity index (χ1n) is 10.8. The molecule has 0 radical (unpaired) electrons. The van der Waals surface area contributed by atoms with E-state index >= 15 is 0 Å². The lowest BCUT2D eigenvalue weighted by Gasteiger charge is -2.17. The van der Waals surface area contributed by atoms with Crippen LogP contribution in [-0.4, -0.2) is 46.3 Å². The molecule has 3 aromatic rings. The minimum absolute atomic E-state index is 0.0709. The third kappa shape index (κ3) is 4.93. The summed E-state index contributed by atoms with van der Waals surface area (Å²) in [5, 5.41) is 6.82. The van der Waals surface area contributed by atoms with Crippen LogP contribution in [0, 0.1) is 12.8 Å². The van der Waals surface area contributed by atoms with Crippen LogP contribution in [-0.2, 0) is 11.2 Å². The highest BCUT2D eigenvalue weighted by atomic mass is 32.1. The summed E-state index contributed by atoms with van der Waals surface area (Å²) >= 11 is 1.57. The number of likely N-dealkylation sites (tertiary alicyclic amines) is 1. The summed E-state index contributed by atoms with van der Waals surface area (Å²) in [6.07, 6.45) is 1.19. The van der Waals surface area contributed by atoms with Crippen molar-refractivity contribution in [2.24, 2.45) is 5.92 Å². The van der Waals surface area contributed by atoms with Crippen LogP contribution in [0.4, 0.5) is 0 Å². The number of pyridine rings is 1. The Morgan fingerprint density at radius 1 is 1.26 bits per heavy atom. The summed E-state index contributed by atoms with van der Waals surface area (Å²) in [5.41, 5.74) is 3.19. The standard InChI is InChI=1S/C24H28N4O2S/c1-15(2)12-25-24(30)20-11-22(27-21-7-5-4-6-19(20)21)17-8-9-28(13-17)23(29)10-18-14-31-16(3)26-18/h4-7,11,14-15,17H,8-10,12-13H2,1-3H3,(H,25,30)/t17-/m0/s1. The van der Waals surface area contributed by atoms with Crippen molar-refractivity contribution in [3.05, 3.63) is 57.7 Å². The van der Waals surface area contributed by atoms with E-state index in [1.807, 2.05) is 47.5 Å². The number of aryl methyl sites for hydroxylation is 1. The average Bonchev–Trinajstić information content (AvgIpc) is 3.40. The molecule has 0 bridgehead atoms. The number of benzene rings is 1. The van der Waals surface area contributed by atoms with Gasteiger partial charge in [0, 0.05) is 42.0 Å². The molecule has 1 aromatic carbocycles. The van der Waals surface area contributed by atoms with E-state index < -0.39 is 0 Å².